The fourth-order valence-electron chi connectivity index (χ4n) is 6.95. The van der Waals surface area contributed by atoms with Gasteiger partial charge in [0, 0.05) is 26.4 Å². The standard InChI is InChI=1S/C27H68O10Si8/c1-38(2)30-40(5,6)34-44(13,35-41(7,8)31-38)26-20-24-28-22-18-16-15-17-19-23-29-25-21-27-45(14)36-42(9,10)32-39(3,4)33-43(11,12)37-45/h15-27H2,1-14H3. The van der Waals surface area contributed by atoms with E-state index < -0.39 is 68.5 Å². The van der Waals surface area contributed by atoms with Crippen LogP contribution in [0.4, 0.5) is 0 Å². The minimum atomic E-state index is -2.40. The maximum absolute atomic E-state index is 6.66. The third-order valence-electron chi connectivity index (χ3n) is 7.23. The fourth-order valence-corrected chi connectivity index (χ4v) is 50.1. The van der Waals surface area contributed by atoms with Crippen LogP contribution in [0.15, 0.2) is 0 Å². The van der Waals surface area contributed by atoms with Gasteiger partial charge in [-0.15, -0.1) is 0 Å². The largest absolute Gasteiger partial charge is 0.416 e. The van der Waals surface area contributed by atoms with Gasteiger partial charge in [0.1, 0.15) is 0 Å². The summed E-state index contributed by atoms with van der Waals surface area (Å²) in [5, 5.41) is 0. The molecule has 10 nitrogen and oxygen atoms in total. The predicted molar refractivity (Wildman–Crippen MR) is 200 cm³/mol. The summed E-state index contributed by atoms with van der Waals surface area (Å²) >= 11 is 0. The van der Waals surface area contributed by atoms with Crippen molar-refractivity contribution in [3.05, 3.63) is 0 Å². The highest BCUT2D eigenvalue weighted by molar-refractivity contribution is 6.94. The molecule has 2 aliphatic rings. The Balaban J connectivity index is 1.53. The fraction of sp³-hybridized carbons (Fsp3) is 1.00. The molecule has 0 aromatic heterocycles. The average molecular weight is 778 g/mol. The zero-order valence-corrected chi connectivity index (χ0v) is 39.3. The van der Waals surface area contributed by atoms with Gasteiger partial charge in [-0.3, -0.25) is 0 Å². The highest BCUT2D eigenvalue weighted by Crippen LogP contribution is 2.34. The van der Waals surface area contributed by atoms with E-state index in [1.54, 1.807) is 0 Å². The number of unbranched alkanes of at least 4 members (excludes halogenated alkanes) is 4. The second-order valence-corrected chi connectivity index (χ2v) is 44.5. The molecule has 2 aliphatic heterocycles. The third-order valence-corrected chi connectivity index (χ3v) is 40.3. The lowest BCUT2D eigenvalue weighted by molar-refractivity contribution is 0.123. The maximum atomic E-state index is 6.66. The molecule has 0 aliphatic carbocycles. The van der Waals surface area contributed by atoms with Gasteiger partial charge in [-0.2, -0.15) is 0 Å². The summed E-state index contributed by atoms with van der Waals surface area (Å²) in [5.41, 5.74) is 0. The van der Waals surface area contributed by atoms with Gasteiger partial charge in [-0.05, 0) is 129 Å². The van der Waals surface area contributed by atoms with Gasteiger partial charge in [0.25, 0.3) is 0 Å². The summed E-state index contributed by atoms with van der Waals surface area (Å²) < 4.78 is 64.3. The molecule has 0 bridgehead atoms. The third kappa shape index (κ3) is 17.7. The van der Waals surface area contributed by atoms with Crippen LogP contribution in [0.5, 0.6) is 0 Å². The molecule has 0 aromatic rings. The molecule has 18 heteroatoms. The minimum absolute atomic E-state index is 0.742. The van der Waals surface area contributed by atoms with Crippen LogP contribution in [0.3, 0.4) is 0 Å². The second kappa shape index (κ2) is 17.0. The minimum Gasteiger partial charge on any atom is -0.416 e. The van der Waals surface area contributed by atoms with Crippen LogP contribution in [0.25, 0.3) is 0 Å². The lowest BCUT2D eigenvalue weighted by atomic mass is 10.1. The van der Waals surface area contributed by atoms with Gasteiger partial charge in [-0.25, -0.2) is 0 Å². The molecule has 0 saturated carbocycles. The van der Waals surface area contributed by atoms with Crippen molar-refractivity contribution < 1.29 is 42.4 Å². The summed E-state index contributed by atoms with van der Waals surface area (Å²) in [6.45, 7) is 32.8. The van der Waals surface area contributed by atoms with Crippen LogP contribution in [-0.2, 0) is 42.4 Å². The zero-order valence-electron chi connectivity index (χ0n) is 31.3. The van der Waals surface area contributed by atoms with Crippen molar-refractivity contribution in [3.63, 3.8) is 0 Å². The van der Waals surface area contributed by atoms with Gasteiger partial charge in [0.15, 0.2) is 0 Å². The van der Waals surface area contributed by atoms with E-state index in [0.717, 1.165) is 64.2 Å². The number of hydrogen-bond acceptors (Lipinski definition) is 10. The van der Waals surface area contributed by atoms with Crippen LogP contribution < -0.4 is 0 Å². The number of ether oxygens (including phenoxy) is 2. The van der Waals surface area contributed by atoms with Crippen LogP contribution in [0.2, 0.25) is 104 Å². The molecule has 268 valence electrons. The summed E-state index contributed by atoms with van der Waals surface area (Å²) in [6, 6.07) is 1.80. The lowest BCUT2D eigenvalue weighted by Crippen LogP contribution is -2.65. The van der Waals surface area contributed by atoms with Crippen LogP contribution in [-0.4, -0.2) is 94.9 Å². The molecule has 2 saturated heterocycles. The van der Waals surface area contributed by atoms with Crippen molar-refractivity contribution in [2.75, 3.05) is 26.4 Å². The normalized spacial score (nSPS) is 26.3. The molecule has 0 radical (unpaired) electrons. The van der Waals surface area contributed by atoms with Gasteiger partial charge in [0.2, 0.25) is 0 Å². The van der Waals surface area contributed by atoms with Crippen LogP contribution in [0, 0.1) is 0 Å². The van der Waals surface area contributed by atoms with Gasteiger partial charge >= 0.3 is 68.5 Å². The molecule has 0 unspecified atom stereocenters. The van der Waals surface area contributed by atoms with E-state index in [1.165, 1.54) is 19.3 Å². The predicted octanol–water partition coefficient (Wildman–Crippen LogP) is 8.27. The average Bonchev–Trinajstić information content (AvgIpc) is 2.74. The summed E-state index contributed by atoms with van der Waals surface area (Å²) in [5.74, 6) is 0. The Morgan fingerprint density at radius 2 is 0.511 bits per heavy atom. The first-order chi connectivity index (χ1) is 20.4. The van der Waals surface area contributed by atoms with E-state index in [9.17, 15) is 0 Å². The number of hydrogen-bond donors (Lipinski definition) is 0. The first-order valence-corrected chi connectivity index (χ1v) is 39.1. The van der Waals surface area contributed by atoms with E-state index in [0.29, 0.717) is 0 Å². The molecule has 2 rings (SSSR count). The molecular weight excluding hydrogens is 709 g/mol. The van der Waals surface area contributed by atoms with Crippen molar-refractivity contribution >= 4 is 68.5 Å². The molecule has 0 atom stereocenters. The molecule has 0 spiro atoms. The molecule has 0 amide bonds. The van der Waals surface area contributed by atoms with E-state index in [4.69, 9.17) is 42.4 Å². The van der Waals surface area contributed by atoms with Gasteiger partial charge in [0.05, 0.1) is 0 Å². The topological polar surface area (TPSA) is 92.3 Å². The van der Waals surface area contributed by atoms with E-state index in [1.807, 2.05) is 0 Å². The first kappa shape index (κ1) is 42.5. The van der Waals surface area contributed by atoms with E-state index >= 15 is 0 Å². The first-order valence-electron chi connectivity index (χ1n) is 17.1. The Morgan fingerprint density at radius 3 is 0.800 bits per heavy atom. The molecule has 2 heterocycles. The van der Waals surface area contributed by atoms with Crippen LogP contribution >= 0.6 is 0 Å². The quantitative estimate of drug-likeness (QED) is 0.113. The molecule has 45 heavy (non-hydrogen) atoms. The Morgan fingerprint density at radius 1 is 0.289 bits per heavy atom. The molecule has 0 N–H and O–H groups in total. The van der Waals surface area contributed by atoms with Gasteiger partial charge < -0.3 is 42.4 Å². The van der Waals surface area contributed by atoms with Crippen LogP contribution in [0.1, 0.15) is 44.9 Å². The van der Waals surface area contributed by atoms with Crippen molar-refractivity contribution in [3.8, 4) is 0 Å². The highest BCUT2D eigenvalue weighted by Gasteiger charge is 2.53. The summed E-state index contributed by atoms with van der Waals surface area (Å²) in [7, 11) is -18.5. The Kier molecular flexibility index (Phi) is 16.1. The molecule has 0 aromatic carbocycles. The maximum Gasteiger partial charge on any atom is 0.317 e. The highest BCUT2D eigenvalue weighted by atomic mass is 28.5. The Hall–Kier alpha value is 1.34. The summed E-state index contributed by atoms with van der Waals surface area (Å²) in [4.78, 5) is 0. The second-order valence-electron chi connectivity index (χ2n) is 15.7. The van der Waals surface area contributed by atoms with E-state index in [-0.39, 0.29) is 0 Å². The van der Waals surface area contributed by atoms with Crippen molar-refractivity contribution in [1.82, 2.24) is 0 Å². The Labute approximate surface area is 284 Å². The molecular formula is C27H68O10Si8. The lowest BCUT2D eigenvalue weighted by Gasteiger charge is -2.47. The molecule has 2 fully saturated rings. The van der Waals surface area contributed by atoms with Crippen molar-refractivity contribution in [1.29, 1.82) is 0 Å². The van der Waals surface area contributed by atoms with Gasteiger partial charge in [-0.1, -0.05) is 19.3 Å². The Bertz CT molecular complexity index is 793. The number of rotatable bonds is 16. The smallest absolute Gasteiger partial charge is 0.317 e. The van der Waals surface area contributed by atoms with Crippen molar-refractivity contribution in [2.24, 2.45) is 0 Å². The van der Waals surface area contributed by atoms with Crippen molar-refractivity contribution in [2.45, 2.75) is 149 Å². The SMILES string of the molecule is C[Si]1(C)O[Si](C)(C)O[Si](C)(CCCOCCCCCCCOCCC[Si]2(C)O[Si](C)(C)O[Si](C)(C)O[Si](C)(C)O2)O[Si](C)(C)O1. The summed E-state index contributed by atoms with van der Waals surface area (Å²) in [6.07, 6.45) is 7.67. The monoisotopic (exact) mass is 776 g/mol. The van der Waals surface area contributed by atoms with E-state index in [2.05, 4.69) is 91.7 Å². The zero-order chi connectivity index (χ0) is 34.3.